The number of carbonyl (C=O) groups is 2. The first-order valence-corrected chi connectivity index (χ1v) is 42.2. The van der Waals surface area contributed by atoms with Gasteiger partial charge in [0.1, 0.15) is 72.0 Å². The number of halogens is 9. The van der Waals surface area contributed by atoms with Gasteiger partial charge in [-0.1, -0.05) is 79.8 Å². The molecule has 128 heavy (non-hydrogen) atoms. The Balaban J connectivity index is 0.000000141. The van der Waals surface area contributed by atoms with Crippen molar-refractivity contribution < 1.29 is 78.6 Å². The number of aromatic nitrogens is 6. The minimum atomic E-state index is -1.23. The first kappa shape index (κ1) is 87.8. The number of fused-ring (bicyclic) bond motifs is 15. The van der Waals surface area contributed by atoms with Gasteiger partial charge in [-0.05, 0) is 173 Å². The lowest BCUT2D eigenvalue weighted by atomic mass is 9.91. The molecule has 0 spiro atoms. The Morgan fingerprint density at radius 1 is 0.406 bits per heavy atom. The first-order valence-electron chi connectivity index (χ1n) is 42.2. The molecule has 664 valence electrons. The second kappa shape index (κ2) is 34.0. The number of phenols is 3. The zero-order chi connectivity index (χ0) is 91.7. The van der Waals surface area contributed by atoms with E-state index in [2.05, 4.69) is 35.0 Å². The van der Waals surface area contributed by atoms with Crippen LogP contribution in [0.25, 0.3) is 83.2 Å². The van der Waals surface area contributed by atoms with Gasteiger partial charge in [0.05, 0.1) is 119 Å². The van der Waals surface area contributed by atoms with Crippen molar-refractivity contribution in [3.8, 4) is 84.9 Å². The van der Waals surface area contributed by atoms with Crippen molar-refractivity contribution in [1.29, 1.82) is 0 Å². The Morgan fingerprint density at radius 2 is 0.703 bits per heavy atom. The number of amides is 2. The Morgan fingerprint density at radius 3 is 0.992 bits per heavy atom. The molecule has 3 fully saturated rings. The highest BCUT2D eigenvalue weighted by Crippen LogP contribution is 2.52. The number of piperidine rings is 1. The first-order chi connectivity index (χ1) is 61.0. The third-order valence-corrected chi connectivity index (χ3v) is 25.0. The molecule has 0 saturated carbocycles. The van der Waals surface area contributed by atoms with Crippen molar-refractivity contribution in [2.45, 2.75) is 144 Å². The molecule has 2 amide bonds. The molecule has 0 aliphatic carbocycles. The van der Waals surface area contributed by atoms with Crippen LogP contribution in [-0.4, -0.2) is 148 Å². The number of aromatic hydroxyl groups is 3. The van der Waals surface area contributed by atoms with Crippen LogP contribution in [0, 0.1) is 79.0 Å². The standard InChI is InChI=1S/2C33H31F3N4O4.C31H30F3N3O3/c2*1-6-24(42)38-14-19-15-44-32-31(39(19)13-18(38)5)20-12-22(35)26(25-21(34)8-7-9-23(25)41)27(36)30(20)40(33(32)43)29-17(4)10-11-37-28(29)16(2)3;1-15(2)26-27(17(4)10-11-35-26)37-28-19(12-21(33)24(25(28)34)23-20(32)6-5-7-22(23)38)29-30(31(37)39)40-14-18-9-8-16(3)13-36(18)29/h2*6-12,16,18-19,41H,1,13-15H2,2-5H3;5-7,10-12,15-16,18,38H,8-9,13-14H2,1-4H3/t2*18-,19-;16-,18+/m110/s1. The largest absolute Gasteiger partial charge is 0.507 e. The minimum absolute atomic E-state index is 0.0209. The van der Waals surface area contributed by atoms with E-state index >= 15 is 35.1 Å². The molecule has 0 bridgehead atoms. The second-order valence-corrected chi connectivity index (χ2v) is 34.4. The van der Waals surface area contributed by atoms with E-state index in [1.54, 1.807) is 67.4 Å². The molecular formula is C97H92F9N11O11. The minimum Gasteiger partial charge on any atom is -0.507 e. The smallest absolute Gasteiger partial charge is 0.300 e. The van der Waals surface area contributed by atoms with Crippen molar-refractivity contribution >= 4 is 61.6 Å². The van der Waals surface area contributed by atoms with Crippen LogP contribution >= 0.6 is 0 Å². The predicted octanol–water partition coefficient (Wildman–Crippen LogP) is 17.8. The molecule has 6 aromatic heterocycles. The average molecular weight is 1760 g/mol. The van der Waals surface area contributed by atoms with Crippen LogP contribution in [0.1, 0.15) is 127 Å². The Labute approximate surface area is 729 Å². The summed E-state index contributed by atoms with van der Waals surface area (Å²) < 4.78 is 166. The third-order valence-electron chi connectivity index (χ3n) is 25.0. The van der Waals surface area contributed by atoms with Crippen LogP contribution in [0.5, 0.6) is 34.5 Å². The number of benzene rings is 6. The summed E-state index contributed by atoms with van der Waals surface area (Å²) in [6.45, 7) is 31.5. The van der Waals surface area contributed by atoms with Crippen LogP contribution in [0.4, 0.5) is 56.6 Å². The summed E-state index contributed by atoms with van der Waals surface area (Å²) in [5.74, 6) is -12.8. The van der Waals surface area contributed by atoms with Gasteiger partial charge < -0.3 is 54.0 Å². The molecule has 3 N–H and O–H groups in total. The highest BCUT2D eigenvalue weighted by atomic mass is 19.2. The number of piperazine rings is 2. The van der Waals surface area contributed by atoms with Crippen LogP contribution in [0.3, 0.4) is 0 Å². The van der Waals surface area contributed by atoms with E-state index in [4.69, 9.17) is 14.2 Å². The lowest BCUT2D eigenvalue weighted by molar-refractivity contribution is -0.130. The van der Waals surface area contributed by atoms with Crippen molar-refractivity contribution in [3.05, 3.63) is 252 Å². The molecule has 18 rings (SSSR count). The summed E-state index contributed by atoms with van der Waals surface area (Å²) in [6.07, 6.45) is 9.04. The van der Waals surface area contributed by atoms with E-state index in [-0.39, 0.29) is 155 Å². The van der Waals surface area contributed by atoms with Gasteiger partial charge in [-0.15, -0.1) is 0 Å². The summed E-state index contributed by atoms with van der Waals surface area (Å²) in [5.41, 5.74) is -2.08. The van der Waals surface area contributed by atoms with E-state index in [1.807, 2.05) is 70.1 Å². The topological polar surface area (TPSA) is 243 Å². The molecule has 6 aliphatic rings. The van der Waals surface area contributed by atoms with E-state index in [1.165, 1.54) is 34.9 Å². The fourth-order valence-electron chi connectivity index (χ4n) is 19.0. The fourth-order valence-corrected chi connectivity index (χ4v) is 19.0. The molecule has 6 atom stereocenters. The normalized spacial score (nSPS) is 18.0. The summed E-state index contributed by atoms with van der Waals surface area (Å²) >= 11 is 0. The molecule has 0 radical (unpaired) electrons. The Kier molecular flexibility index (Phi) is 23.3. The van der Waals surface area contributed by atoms with Crippen molar-refractivity contribution in [2.24, 2.45) is 5.92 Å². The maximum Gasteiger partial charge on any atom is 0.300 e. The van der Waals surface area contributed by atoms with Crippen molar-refractivity contribution in [1.82, 2.24) is 38.5 Å². The highest BCUT2D eigenvalue weighted by Gasteiger charge is 2.46. The summed E-state index contributed by atoms with van der Waals surface area (Å²) in [5, 5.41) is 31.7. The predicted molar refractivity (Wildman–Crippen MR) is 470 cm³/mol. The SMILES string of the molecule is C=CC(=O)N1C[C@@H]2COc3c(c4cc(F)c(-c5c(O)cccc5F)c(F)c4n(-c4c(C)ccnc4C(C)C)c3=O)N2C[C@H]1C.C=CC(=O)N1C[C@@H]2COc3c(c4cc(F)c(-c5c(O)cccc5F)c(F)c4n(-c4c(C)ccnc4C(C)C)c3=O)N2C[C@H]1C.Cc1ccnc(C(C)C)c1-n1c(=O)c2c(c3cc(F)c(-c4c(O)cccc4F)c(F)c31)N1C[C@@H](C)CC[C@@H]1CO2. The van der Waals surface area contributed by atoms with Gasteiger partial charge in [-0.3, -0.25) is 52.6 Å². The van der Waals surface area contributed by atoms with E-state index in [9.17, 15) is 43.7 Å². The maximum atomic E-state index is 17.0. The van der Waals surface area contributed by atoms with Crippen molar-refractivity contribution in [2.75, 3.05) is 67.2 Å². The van der Waals surface area contributed by atoms with E-state index < -0.39 is 132 Å². The summed E-state index contributed by atoms with van der Waals surface area (Å²) in [7, 11) is 0. The monoisotopic (exact) mass is 1760 g/mol. The zero-order valence-corrected chi connectivity index (χ0v) is 72.2. The quantitative estimate of drug-likeness (QED) is 0.0805. The number of pyridine rings is 6. The van der Waals surface area contributed by atoms with Crippen molar-refractivity contribution in [3.63, 3.8) is 0 Å². The third kappa shape index (κ3) is 14.5. The van der Waals surface area contributed by atoms with Crippen LogP contribution < -0.4 is 45.6 Å². The number of ether oxygens (including phenoxy) is 3. The van der Waals surface area contributed by atoms with Crippen LogP contribution in [0.15, 0.2) is 149 Å². The maximum absolute atomic E-state index is 17.0. The molecule has 31 heteroatoms. The molecule has 6 aliphatic heterocycles. The molecule has 3 saturated heterocycles. The fraction of sp³-hybridized carbons (Fsp3) is 0.320. The number of hydrogen-bond donors (Lipinski definition) is 3. The molecule has 0 unspecified atom stereocenters. The number of anilines is 3. The van der Waals surface area contributed by atoms with Gasteiger partial charge >= 0.3 is 0 Å². The molecule has 12 aromatic rings. The number of carbonyl (C=O) groups excluding carboxylic acids is 2. The summed E-state index contributed by atoms with van der Waals surface area (Å²) in [6, 6.07) is 16.9. The van der Waals surface area contributed by atoms with Crippen LogP contribution in [-0.2, 0) is 9.59 Å². The Hall–Kier alpha value is -13.6. The van der Waals surface area contributed by atoms with Gasteiger partial charge in [-0.2, -0.15) is 0 Å². The van der Waals surface area contributed by atoms with Gasteiger partial charge in [0.25, 0.3) is 16.7 Å². The Bertz CT molecular complexity index is 6520. The highest BCUT2D eigenvalue weighted by molar-refractivity contribution is 6.04. The zero-order valence-electron chi connectivity index (χ0n) is 72.2. The molecule has 22 nitrogen and oxygen atoms in total. The number of rotatable bonds is 11. The average Bonchev–Trinajstić information content (AvgIpc) is 0.716. The number of hydrogen-bond acceptors (Lipinski definition) is 17. The van der Waals surface area contributed by atoms with Crippen LogP contribution in [0.2, 0.25) is 0 Å². The molecule has 6 aromatic carbocycles. The number of aryl methyl sites for hydroxylation is 3. The van der Waals surface area contributed by atoms with Gasteiger partial charge in [0.2, 0.25) is 29.1 Å². The lowest BCUT2D eigenvalue weighted by Crippen LogP contribution is -2.62. The number of nitrogens with zero attached hydrogens (tertiary/aromatic N) is 11. The second-order valence-electron chi connectivity index (χ2n) is 34.4. The van der Waals surface area contributed by atoms with Gasteiger partial charge in [0.15, 0.2) is 17.5 Å². The molecule has 12 heterocycles. The summed E-state index contributed by atoms with van der Waals surface area (Å²) in [4.78, 5) is 90.8. The lowest BCUT2D eigenvalue weighted by Gasteiger charge is -2.48. The number of phenolic OH excluding ortho intramolecular Hbond substituents is 3. The van der Waals surface area contributed by atoms with Gasteiger partial charge in [-0.25, -0.2) is 39.5 Å². The van der Waals surface area contributed by atoms with Gasteiger partial charge in [0, 0.05) is 79.6 Å². The van der Waals surface area contributed by atoms with E-state index in [0.29, 0.717) is 69.0 Å². The van der Waals surface area contributed by atoms with E-state index in [0.717, 1.165) is 76.6 Å². The molecular weight excluding hydrogens is 1670 g/mol.